The molecule has 19 heavy (non-hydrogen) atoms. The highest BCUT2D eigenvalue weighted by atomic mass is 15.4. The molecule has 0 radical (unpaired) electrons. The minimum atomic E-state index is 0.744. The quantitative estimate of drug-likeness (QED) is 0.774. The monoisotopic (exact) mass is 250 g/mol. The molecule has 0 fully saturated rings. The van der Waals surface area contributed by atoms with E-state index in [1.807, 2.05) is 54.7 Å². The Labute approximate surface area is 111 Å². The number of hydrogen-bond donors (Lipinski definition) is 1. The molecule has 1 N–H and O–H groups in total. The number of nitrogens with zero attached hydrogens (tertiary/aromatic N) is 3. The van der Waals surface area contributed by atoms with Crippen molar-refractivity contribution in [3.05, 3.63) is 72.4 Å². The third-order valence-corrected chi connectivity index (χ3v) is 2.83. The van der Waals surface area contributed by atoms with Crippen molar-refractivity contribution < 1.29 is 0 Å². The predicted molar refractivity (Wildman–Crippen MR) is 75.1 cm³/mol. The molecular weight excluding hydrogens is 236 g/mol. The molecule has 0 saturated heterocycles. The third kappa shape index (κ3) is 2.80. The van der Waals surface area contributed by atoms with E-state index < -0.39 is 0 Å². The largest absolute Gasteiger partial charge is 0.363 e. The summed E-state index contributed by atoms with van der Waals surface area (Å²) in [7, 11) is 0. The maximum absolute atomic E-state index is 4.11. The molecule has 0 amide bonds. The Bertz CT molecular complexity index is 632. The van der Waals surface area contributed by atoms with Gasteiger partial charge in [0.25, 0.3) is 0 Å². The molecule has 3 aromatic rings. The summed E-state index contributed by atoms with van der Waals surface area (Å²) in [5, 5.41) is 11.5. The van der Waals surface area contributed by atoms with Crippen molar-refractivity contribution in [1.29, 1.82) is 0 Å². The maximum atomic E-state index is 4.11. The van der Waals surface area contributed by atoms with Crippen LogP contribution in [0.5, 0.6) is 0 Å². The number of benzene rings is 2. The van der Waals surface area contributed by atoms with Gasteiger partial charge >= 0.3 is 0 Å². The Balaban J connectivity index is 1.69. The van der Waals surface area contributed by atoms with E-state index in [1.54, 1.807) is 4.68 Å². The van der Waals surface area contributed by atoms with Gasteiger partial charge in [-0.15, -0.1) is 5.10 Å². The molecule has 1 aromatic heterocycles. The van der Waals surface area contributed by atoms with Gasteiger partial charge < -0.3 is 5.32 Å². The zero-order valence-corrected chi connectivity index (χ0v) is 10.4. The van der Waals surface area contributed by atoms with Gasteiger partial charge in [0.05, 0.1) is 11.9 Å². The Morgan fingerprint density at radius 1 is 0.895 bits per heavy atom. The fourth-order valence-corrected chi connectivity index (χ4v) is 1.84. The summed E-state index contributed by atoms with van der Waals surface area (Å²) in [5.41, 5.74) is 2.22. The molecule has 0 spiro atoms. The van der Waals surface area contributed by atoms with Crippen LogP contribution in [-0.4, -0.2) is 15.0 Å². The van der Waals surface area contributed by atoms with Gasteiger partial charge in [-0.05, 0) is 17.7 Å². The standard InChI is InChI=1S/C15H14N4/c1-3-7-13(8-4-1)11-16-15-12-19(18-17-15)14-9-5-2-6-10-14/h1-10,12,16H,11H2. The van der Waals surface area contributed by atoms with Crippen LogP contribution in [0.1, 0.15) is 5.56 Å². The molecule has 0 atom stereocenters. The van der Waals surface area contributed by atoms with Gasteiger partial charge in [0.2, 0.25) is 0 Å². The molecule has 1 heterocycles. The zero-order valence-electron chi connectivity index (χ0n) is 10.4. The number of aromatic nitrogens is 3. The van der Waals surface area contributed by atoms with E-state index in [4.69, 9.17) is 0 Å². The molecule has 4 nitrogen and oxygen atoms in total. The second kappa shape index (κ2) is 5.35. The van der Waals surface area contributed by atoms with E-state index in [1.165, 1.54) is 5.56 Å². The number of para-hydroxylation sites is 1. The van der Waals surface area contributed by atoms with Crippen LogP contribution >= 0.6 is 0 Å². The molecular formula is C15H14N4. The Morgan fingerprint density at radius 2 is 1.58 bits per heavy atom. The van der Waals surface area contributed by atoms with Crippen molar-refractivity contribution in [1.82, 2.24) is 15.0 Å². The van der Waals surface area contributed by atoms with E-state index in [9.17, 15) is 0 Å². The lowest BCUT2D eigenvalue weighted by Crippen LogP contribution is -1.99. The summed E-state index contributed by atoms with van der Waals surface area (Å²) in [6.07, 6.45) is 1.89. The van der Waals surface area contributed by atoms with Gasteiger partial charge in [-0.3, -0.25) is 0 Å². The second-order valence-corrected chi connectivity index (χ2v) is 4.22. The first-order chi connectivity index (χ1) is 9.42. The van der Waals surface area contributed by atoms with Crippen LogP contribution in [0, 0.1) is 0 Å². The maximum Gasteiger partial charge on any atom is 0.169 e. The van der Waals surface area contributed by atoms with Crippen molar-refractivity contribution in [2.75, 3.05) is 5.32 Å². The Morgan fingerprint density at radius 3 is 2.32 bits per heavy atom. The van der Waals surface area contributed by atoms with Gasteiger partial charge in [-0.25, -0.2) is 4.68 Å². The molecule has 0 aliphatic heterocycles. The van der Waals surface area contributed by atoms with Crippen LogP contribution in [0.4, 0.5) is 5.82 Å². The van der Waals surface area contributed by atoms with Gasteiger partial charge in [-0.1, -0.05) is 53.7 Å². The van der Waals surface area contributed by atoms with Crippen LogP contribution in [0.25, 0.3) is 5.69 Å². The van der Waals surface area contributed by atoms with Crippen LogP contribution in [-0.2, 0) is 6.54 Å². The minimum Gasteiger partial charge on any atom is -0.363 e. The molecule has 0 saturated carbocycles. The topological polar surface area (TPSA) is 42.7 Å². The lowest BCUT2D eigenvalue weighted by Gasteiger charge is -2.01. The highest BCUT2D eigenvalue weighted by Crippen LogP contribution is 2.09. The predicted octanol–water partition coefficient (Wildman–Crippen LogP) is 2.88. The summed E-state index contributed by atoms with van der Waals surface area (Å²) in [5.74, 6) is 0.771. The zero-order chi connectivity index (χ0) is 12.9. The molecule has 0 aliphatic rings. The number of nitrogens with one attached hydrogen (secondary N) is 1. The van der Waals surface area contributed by atoms with Gasteiger partial charge in [0.15, 0.2) is 5.82 Å². The van der Waals surface area contributed by atoms with E-state index in [2.05, 4.69) is 27.8 Å². The first-order valence-electron chi connectivity index (χ1n) is 6.17. The lowest BCUT2D eigenvalue weighted by molar-refractivity contribution is 0.803. The van der Waals surface area contributed by atoms with Gasteiger partial charge in [-0.2, -0.15) is 0 Å². The van der Waals surface area contributed by atoms with Crippen molar-refractivity contribution >= 4 is 5.82 Å². The van der Waals surface area contributed by atoms with Gasteiger partial charge in [0.1, 0.15) is 0 Å². The minimum absolute atomic E-state index is 0.744. The highest BCUT2D eigenvalue weighted by Gasteiger charge is 2.01. The van der Waals surface area contributed by atoms with Crippen molar-refractivity contribution in [2.45, 2.75) is 6.54 Å². The first-order valence-corrected chi connectivity index (χ1v) is 6.17. The molecule has 2 aromatic carbocycles. The third-order valence-electron chi connectivity index (χ3n) is 2.83. The van der Waals surface area contributed by atoms with E-state index >= 15 is 0 Å². The molecule has 3 rings (SSSR count). The molecule has 0 aliphatic carbocycles. The Hall–Kier alpha value is -2.62. The van der Waals surface area contributed by atoms with Crippen LogP contribution < -0.4 is 5.32 Å². The molecule has 4 heteroatoms. The lowest BCUT2D eigenvalue weighted by atomic mass is 10.2. The fourth-order valence-electron chi connectivity index (χ4n) is 1.84. The molecule has 0 unspecified atom stereocenters. The van der Waals surface area contributed by atoms with Crippen LogP contribution in [0.2, 0.25) is 0 Å². The van der Waals surface area contributed by atoms with Crippen LogP contribution in [0.3, 0.4) is 0 Å². The summed E-state index contributed by atoms with van der Waals surface area (Å²) >= 11 is 0. The Kier molecular flexibility index (Phi) is 3.23. The SMILES string of the molecule is c1ccc(CNc2cn(-c3ccccc3)nn2)cc1. The smallest absolute Gasteiger partial charge is 0.169 e. The fraction of sp³-hybridized carbons (Fsp3) is 0.0667. The highest BCUT2D eigenvalue weighted by molar-refractivity contribution is 5.37. The average Bonchev–Trinajstić information content (AvgIpc) is 2.96. The van der Waals surface area contributed by atoms with E-state index in [0.29, 0.717) is 0 Å². The van der Waals surface area contributed by atoms with Crippen molar-refractivity contribution in [2.24, 2.45) is 0 Å². The van der Waals surface area contributed by atoms with Gasteiger partial charge in [0, 0.05) is 6.54 Å². The normalized spacial score (nSPS) is 10.3. The summed E-state index contributed by atoms with van der Waals surface area (Å²) in [6, 6.07) is 20.1. The van der Waals surface area contributed by atoms with E-state index in [-0.39, 0.29) is 0 Å². The second-order valence-electron chi connectivity index (χ2n) is 4.22. The van der Waals surface area contributed by atoms with Crippen LogP contribution in [0.15, 0.2) is 66.9 Å². The summed E-state index contributed by atoms with van der Waals surface area (Å²) in [6.45, 7) is 0.744. The number of hydrogen-bond acceptors (Lipinski definition) is 3. The van der Waals surface area contributed by atoms with E-state index in [0.717, 1.165) is 18.1 Å². The summed E-state index contributed by atoms with van der Waals surface area (Å²) in [4.78, 5) is 0. The van der Waals surface area contributed by atoms with Crippen molar-refractivity contribution in [3.8, 4) is 5.69 Å². The summed E-state index contributed by atoms with van der Waals surface area (Å²) < 4.78 is 1.76. The molecule has 94 valence electrons. The molecule has 0 bridgehead atoms. The first kappa shape index (κ1) is 11.5. The average molecular weight is 250 g/mol. The number of anilines is 1. The van der Waals surface area contributed by atoms with Crippen molar-refractivity contribution in [3.63, 3.8) is 0 Å². The number of rotatable bonds is 4.